The van der Waals surface area contributed by atoms with E-state index in [9.17, 15) is 14.7 Å². The van der Waals surface area contributed by atoms with Crippen molar-refractivity contribution >= 4 is 11.8 Å². The zero-order chi connectivity index (χ0) is 21.2. The van der Waals surface area contributed by atoms with Crippen LogP contribution in [0.15, 0.2) is 46.8 Å². The molecule has 1 atom stereocenters. The van der Waals surface area contributed by atoms with E-state index in [0.717, 1.165) is 5.70 Å². The van der Waals surface area contributed by atoms with Gasteiger partial charge in [-0.3, -0.25) is 4.79 Å². The van der Waals surface area contributed by atoms with Crippen LogP contribution < -0.4 is 5.32 Å². The van der Waals surface area contributed by atoms with Crippen LogP contribution in [0.25, 0.3) is 0 Å². The van der Waals surface area contributed by atoms with Crippen molar-refractivity contribution in [3.05, 3.63) is 52.4 Å². The number of aromatic hydroxyl groups is 1. The van der Waals surface area contributed by atoms with Gasteiger partial charge in [-0.1, -0.05) is 26.0 Å². The molecular weight excluding hydrogens is 370 g/mol. The maximum absolute atomic E-state index is 13.1. The summed E-state index contributed by atoms with van der Waals surface area (Å²) in [7, 11) is 0. The summed E-state index contributed by atoms with van der Waals surface area (Å²) in [6.07, 6.45) is 1.13. The van der Waals surface area contributed by atoms with E-state index in [2.05, 4.69) is 19.2 Å². The average molecular weight is 399 g/mol. The third-order valence-electron chi connectivity index (χ3n) is 5.33. The molecule has 1 aliphatic heterocycles. The van der Waals surface area contributed by atoms with Gasteiger partial charge in [-0.05, 0) is 43.4 Å². The number of esters is 1. The van der Waals surface area contributed by atoms with Crippen LogP contribution in [-0.4, -0.2) is 36.7 Å². The minimum atomic E-state index is -0.568. The highest BCUT2D eigenvalue weighted by Crippen LogP contribution is 2.47. The van der Waals surface area contributed by atoms with E-state index in [1.807, 2.05) is 19.9 Å². The Morgan fingerprint density at radius 1 is 1.28 bits per heavy atom. The van der Waals surface area contributed by atoms with E-state index in [0.29, 0.717) is 48.5 Å². The Hall–Kier alpha value is -2.60. The maximum Gasteiger partial charge on any atom is 0.336 e. The summed E-state index contributed by atoms with van der Waals surface area (Å²) < 4.78 is 10.7. The molecule has 1 aliphatic carbocycles. The highest BCUT2D eigenvalue weighted by Gasteiger charge is 2.43. The lowest BCUT2D eigenvalue weighted by Crippen LogP contribution is -2.38. The van der Waals surface area contributed by atoms with E-state index in [1.165, 1.54) is 0 Å². The van der Waals surface area contributed by atoms with Gasteiger partial charge in [0.2, 0.25) is 0 Å². The molecular formula is C23H29NO5. The minimum Gasteiger partial charge on any atom is -0.508 e. The molecule has 6 heteroatoms. The van der Waals surface area contributed by atoms with Crippen molar-refractivity contribution in [3.8, 4) is 5.75 Å². The summed E-state index contributed by atoms with van der Waals surface area (Å²) in [4.78, 5) is 26.1. The fraction of sp³-hybridized carbons (Fsp3) is 0.478. The number of hydrogen-bond donors (Lipinski definition) is 2. The van der Waals surface area contributed by atoms with Gasteiger partial charge in [0.05, 0.1) is 12.2 Å². The van der Waals surface area contributed by atoms with Crippen LogP contribution in [0.1, 0.15) is 52.0 Å². The maximum atomic E-state index is 13.1. The van der Waals surface area contributed by atoms with Gasteiger partial charge >= 0.3 is 5.97 Å². The fourth-order valence-corrected chi connectivity index (χ4v) is 4.16. The minimum absolute atomic E-state index is 0.0178. The lowest BCUT2D eigenvalue weighted by Gasteiger charge is -2.39. The molecule has 6 nitrogen and oxygen atoms in total. The Labute approximate surface area is 171 Å². The van der Waals surface area contributed by atoms with Crippen molar-refractivity contribution in [2.45, 2.75) is 46.5 Å². The molecule has 0 fully saturated rings. The third kappa shape index (κ3) is 4.53. The van der Waals surface area contributed by atoms with E-state index in [-0.39, 0.29) is 23.6 Å². The van der Waals surface area contributed by atoms with Crippen molar-refractivity contribution in [1.82, 2.24) is 5.32 Å². The second-order valence-corrected chi connectivity index (χ2v) is 8.36. The first-order valence-electron chi connectivity index (χ1n) is 10.0. The van der Waals surface area contributed by atoms with Gasteiger partial charge in [0, 0.05) is 35.9 Å². The first-order chi connectivity index (χ1) is 13.7. The largest absolute Gasteiger partial charge is 0.508 e. The number of hydrogen-bond acceptors (Lipinski definition) is 6. The number of ketones is 1. The number of dihydropyridines is 1. The number of benzene rings is 1. The van der Waals surface area contributed by atoms with Gasteiger partial charge in [0.15, 0.2) is 5.78 Å². The van der Waals surface area contributed by atoms with Crippen molar-refractivity contribution in [3.63, 3.8) is 0 Å². The fourth-order valence-electron chi connectivity index (χ4n) is 4.16. The SMILES string of the molecule is CCOCCOC(=O)C1=C(C)NC2=C(C(=O)CC(C)(C)C2)C1c1cccc(O)c1. The Morgan fingerprint density at radius 2 is 2.03 bits per heavy atom. The molecule has 0 amide bonds. The lowest BCUT2D eigenvalue weighted by atomic mass is 9.68. The molecule has 1 aromatic rings. The third-order valence-corrected chi connectivity index (χ3v) is 5.33. The van der Waals surface area contributed by atoms with Gasteiger partial charge in [-0.15, -0.1) is 0 Å². The zero-order valence-electron chi connectivity index (χ0n) is 17.5. The monoisotopic (exact) mass is 399 g/mol. The second-order valence-electron chi connectivity index (χ2n) is 8.36. The Balaban J connectivity index is 2.03. The molecule has 29 heavy (non-hydrogen) atoms. The Bertz CT molecular complexity index is 881. The molecule has 0 bridgehead atoms. The van der Waals surface area contributed by atoms with Crippen molar-refractivity contribution in [1.29, 1.82) is 0 Å². The van der Waals surface area contributed by atoms with Gasteiger partial charge < -0.3 is 19.9 Å². The smallest absolute Gasteiger partial charge is 0.336 e. The molecule has 0 spiro atoms. The second kappa shape index (κ2) is 8.41. The zero-order valence-corrected chi connectivity index (χ0v) is 17.5. The van der Waals surface area contributed by atoms with Crippen LogP contribution in [-0.2, 0) is 19.1 Å². The lowest BCUT2D eigenvalue weighted by molar-refractivity contribution is -0.140. The predicted octanol–water partition coefficient (Wildman–Crippen LogP) is 3.58. The van der Waals surface area contributed by atoms with Crippen LogP contribution in [0, 0.1) is 5.41 Å². The van der Waals surface area contributed by atoms with Crippen LogP contribution >= 0.6 is 0 Å². The molecule has 156 valence electrons. The van der Waals surface area contributed by atoms with Crippen LogP contribution in [0.3, 0.4) is 0 Å². The summed E-state index contributed by atoms with van der Waals surface area (Å²) >= 11 is 0. The standard InChI is InChI=1S/C23H29NO5/c1-5-28-9-10-29-22(27)19-14(2)24-17-12-23(3,4)13-18(26)21(17)20(19)15-7-6-8-16(25)11-15/h6-8,11,20,24-25H,5,9-10,12-13H2,1-4H3. The highest BCUT2D eigenvalue weighted by atomic mass is 16.6. The number of allylic oxidation sites excluding steroid dienone is 3. The van der Waals surface area contributed by atoms with Crippen LogP contribution in [0.4, 0.5) is 0 Å². The molecule has 0 aromatic heterocycles. The number of Topliss-reactive ketones (excluding diaryl/α,β-unsaturated/α-hetero) is 1. The van der Waals surface area contributed by atoms with Gasteiger partial charge in [0.25, 0.3) is 0 Å². The molecule has 0 saturated heterocycles. The summed E-state index contributed by atoms with van der Waals surface area (Å²) in [6.45, 7) is 8.84. The number of carbonyl (C=O) groups is 2. The Morgan fingerprint density at radius 3 is 2.72 bits per heavy atom. The van der Waals surface area contributed by atoms with E-state index >= 15 is 0 Å². The van der Waals surface area contributed by atoms with Gasteiger partial charge in [0.1, 0.15) is 12.4 Å². The van der Waals surface area contributed by atoms with Crippen LogP contribution in [0.2, 0.25) is 0 Å². The van der Waals surface area contributed by atoms with Crippen molar-refractivity contribution < 1.29 is 24.2 Å². The van der Waals surface area contributed by atoms with Gasteiger partial charge in [-0.2, -0.15) is 0 Å². The van der Waals surface area contributed by atoms with Crippen molar-refractivity contribution in [2.24, 2.45) is 5.41 Å². The number of phenolic OH excluding ortho intramolecular Hbond substituents is 1. The number of ether oxygens (including phenoxy) is 2. The van der Waals surface area contributed by atoms with Crippen molar-refractivity contribution in [2.75, 3.05) is 19.8 Å². The summed E-state index contributed by atoms with van der Waals surface area (Å²) in [5, 5.41) is 13.3. The Kier molecular flexibility index (Phi) is 6.13. The summed E-state index contributed by atoms with van der Waals surface area (Å²) in [6, 6.07) is 6.72. The molecule has 1 unspecified atom stereocenters. The average Bonchev–Trinajstić information content (AvgIpc) is 2.63. The topological polar surface area (TPSA) is 84.9 Å². The molecule has 0 saturated carbocycles. The van der Waals surface area contributed by atoms with E-state index < -0.39 is 11.9 Å². The van der Waals surface area contributed by atoms with Crippen LogP contribution in [0.5, 0.6) is 5.75 Å². The molecule has 2 aliphatic rings. The molecule has 3 rings (SSSR count). The van der Waals surface area contributed by atoms with E-state index in [1.54, 1.807) is 18.2 Å². The highest BCUT2D eigenvalue weighted by molar-refractivity contribution is 6.04. The molecule has 1 aromatic carbocycles. The molecule has 2 N–H and O–H groups in total. The predicted molar refractivity (Wildman–Crippen MR) is 109 cm³/mol. The molecule has 1 heterocycles. The van der Waals surface area contributed by atoms with Gasteiger partial charge in [-0.25, -0.2) is 4.79 Å². The number of nitrogens with one attached hydrogen (secondary N) is 1. The number of phenols is 1. The number of carbonyl (C=O) groups excluding carboxylic acids is 2. The van der Waals surface area contributed by atoms with E-state index in [4.69, 9.17) is 9.47 Å². The number of rotatable bonds is 6. The first-order valence-corrected chi connectivity index (χ1v) is 10.0. The molecule has 0 radical (unpaired) electrons. The normalized spacial score (nSPS) is 21.0. The summed E-state index contributed by atoms with van der Waals surface area (Å²) in [5.41, 5.74) is 3.06. The first kappa shape index (κ1) is 21.1. The summed E-state index contributed by atoms with van der Waals surface area (Å²) in [5.74, 6) is -0.938. The quantitative estimate of drug-likeness (QED) is 0.562.